The van der Waals surface area contributed by atoms with E-state index in [0.29, 0.717) is 0 Å². The summed E-state index contributed by atoms with van der Waals surface area (Å²) in [7, 11) is 0. The first-order chi connectivity index (χ1) is 6.79. The summed E-state index contributed by atoms with van der Waals surface area (Å²) in [5.74, 6) is 0. The SMILES string of the molecule is CC(C)(O)Cn1cc([N+](=O)[O-])ccc1=O. The summed E-state index contributed by atoms with van der Waals surface area (Å²) in [6, 6.07) is 2.26. The lowest BCUT2D eigenvalue weighted by molar-refractivity contribution is -0.385. The van der Waals surface area contributed by atoms with E-state index in [2.05, 4.69) is 0 Å². The fourth-order valence-corrected chi connectivity index (χ4v) is 1.17. The Morgan fingerprint density at radius 3 is 2.60 bits per heavy atom. The molecule has 0 saturated carbocycles. The first-order valence-corrected chi connectivity index (χ1v) is 4.37. The molecule has 0 amide bonds. The maximum Gasteiger partial charge on any atom is 0.285 e. The Morgan fingerprint density at radius 2 is 2.13 bits per heavy atom. The van der Waals surface area contributed by atoms with E-state index in [4.69, 9.17) is 0 Å². The molecule has 1 N–H and O–H groups in total. The van der Waals surface area contributed by atoms with Crippen molar-refractivity contribution in [3.8, 4) is 0 Å². The standard InChI is InChI=1S/C9H12N2O4/c1-9(2,13)6-10-5-7(11(14)15)3-4-8(10)12/h3-5,13H,6H2,1-2H3. The Labute approximate surface area is 85.9 Å². The van der Waals surface area contributed by atoms with E-state index >= 15 is 0 Å². The third kappa shape index (κ3) is 3.17. The van der Waals surface area contributed by atoms with Crippen LogP contribution in [0.15, 0.2) is 23.1 Å². The number of nitro groups is 1. The van der Waals surface area contributed by atoms with Crippen LogP contribution < -0.4 is 5.56 Å². The van der Waals surface area contributed by atoms with Gasteiger partial charge in [-0.25, -0.2) is 0 Å². The number of aliphatic hydroxyl groups is 1. The predicted octanol–water partition coefficient (Wildman–Crippen LogP) is 0.527. The maximum atomic E-state index is 11.3. The second kappa shape index (κ2) is 3.82. The van der Waals surface area contributed by atoms with Crippen LogP contribution in [0.25, 0.3) is 0 Å². The molecule has 6 heteroatoms. The number of nitrogens with zero attached hydrogens (tertiary/aromatic N) is 2. The van der Waals surface area contributed by atoms with E-state index in [0.717, 1.165) is 22.9 Å². The van der Waals surface area contributed by atoms with Crippen molar-refractivity contribution >= 4 is 5.69 Å². The molecule has 1 heterocycles. The molecule has 0 aliphatic heterocycles. The molecule has 15 heavy (non-hydrogen) atoms. The molecule has 0 fully saturated rings. The molecule has 0 atom stereocenters. The molecule has 0 bridgehead atoms. The van der Waals surface area contributed by atoms with E-state index in [-0.39, 0.29) is 17.8 Å². The molecule has 0 spiro atoms. The van der Waals surface area contributed by atoms with Crippen LogP contribution >= 0.6 is 0 Å². The van der Waals surface area contributed by atoms with Crippen LogP contribution in [0.4, 0.5) is 5.69 Å². The van der Waals surface area contributed by atoms with Crippen LogP contribution in [0.2, 0.25) is 0 Å². The van der Waals surface area contributed by atoms with E-state index < -0.39 is 10.5 Å². The number of pyridine rings is 1. The lowest BCUT2D eigenvalue weighted by atomic mass is 10.1. The third-order valence-corrected chi connectivity index (χ3v) is 1.74. The first-order valence-electron chi connectivity index (χ1n) is 4.37. The second-order valence-corrected chi connectivity index (χ2v) is 3.92. The van der Waals surface area contributed by atoms with Gasteiger partial charge in [-0.3, -0.25) is 14.9 Å². The lowest BCUT2D eigenvalue weighted by Gasteiger charge is -2.17. The van der Waals surface area contributed by atoms with Crippen molar-refractivity contribution < 1.29 is 10.0 Å². The molecule has 6 nitrogen and oxygen atoms in total. The summed E-state index contributed by atoms with van der Waals surface area (Å²) in [6.07, 6.45) is 1.13. The van der Waals surface area contributed by atoms with E-state index in [9.17, 15) is 20.0 Å². The second-order valence-electron chi connectivity index (χ2n) is 3.92. The van der Waals surface area contributed by atoms with Crippen molar-refractivity contribution in [3.63, 3.8) is 0 Å². The maximum absolute atomic E-state index is 11.3. The van der Waals surface area contributed by atoms with Crippen LogP contribution in [-0.2, 0) is 6.54 Å². The fraction of sp³-hybridized carbons (Fsp3) is 0.444. The number of hydrogen-bond donors (Lipinski definition) is 1. The predicted molar refractivity (Wildman–Crippen MR) is 53.7 cm³/mol. The zero-order chi connectivity index (χ0) is 11.6. The molecule has 0 aliphatic rings. The van der Waals surface area contributed by atoms with Gasteiger partial charge >= 0.3 is 0 Å². The number of rotatable bonds is 3. The number of aromatic nitrogens is 1. The van der Waals surface area contributed by atoms with Crippen molar-refractivity contribution in [2.45, 2.75) is 26.0 Å². The van der Waals surface area contributed by atoms with Gasteiger partial charge in [-0.2, -0.15) is 0 Å². The lowest BCUT2D eigenvalue weighted by Crippen LogP contribution is -2.32. The van der Waals surface area contributed by atoms with Gasteiger partial charge in [0.05, 0.1) is 23.3 Å². The van der Waals surface area contributed by atoms with Crippen molar-refractivity contribution in [3.05, 3.63) is 38.8 Å². The average molecular weight is 212 g/mol. The number of hydrogen-bond acceptors (Lipinski definition) is 4. The topological polar surface area (TPSA) is 85.4 Å². The zero-order valence-electron chi connectivity index (χ0n) is 8.51. The van der Waals surface area contributed by atoms with Gasteiger partial charge < -0.3 is 9.67 Å². The summed E-state index contributed by atoms with van der Waals surface area (Å²) < 4.78 is 1.12. The van der Waals surface area contributed by atoms with Gasteiger partial charge in [-0.1, -0.05) is 0 Å². The van der Waals surface area contributed by atoms with Crippen molar-refractivity contribution in [2.75, 3.05) is 0 Å². The van der Waals surface area contributed by atoms with Crippen molar-refractivity contribution in [2.24, 2.45) is 0 Å². The highest BCUT2D eigenvalue weighted by atomic mass is 16.6. The van der Waals surface area contributed by atoms with Crippen LogP contribution in [0.3, 0.4) is 0 Å². The van der Waals surface area contributed by atoms with Gasteiger partial charge in [-0.05, 0) is 13.8 Å². The molecule has 1 rings (SSSR count). The van der Waals surface area contributed by atoms with E-state index in [1.165, 1.54) is 13.8 Å². The molecule has 0 aliphatic carbocycles. The Balaban J connectivity index is 3.12. The van der Waals surface area contributed by atoms with E-state index in [1.807, 2.05) is 0 Å². The Hall–Kier alpha value is -1.69. The highest BCUT2D eigenvalue weighted by Gasteiger charge is 2.16. The Morgan fingerprint density at radius 1 is 1.53 bits per heavy atom. The highest BCUT2D eigenvalue weighted by molar-refractivity contribution is 5.24. The molecule has 0 unspecified atom stereocenters. The minimum atomic E-state index is -1.08. The van der Waals surface area contributed by atoms with Crippen LogP contribution in [0.1, 0.15) is 13.8 Å². The first kappa shape index (κ1) is 11.4. The quantitative estimate of drug-likeness (QED) is 0.584. The van der Waals surface area contributed by atoms with Gasteiger partial charge in [0.1, 0.15) is 0 Å². The van der Waals surface area contributed by atoms with Crippen LogP contribution in [-0.4, -0.2) is 20.2 Å². The third-order valence-electron chi connectivity index (χ3n) is 1.74. The summed E-state index contributed by atoms with van der Waals surface area (Å²) >= 11 is 0. The normalized spacial score (nSPS) is 11.4. The minimum absolute atomic E-state index is 0.0213. The molecule has 0 aromatic carbocycles. The average Bonchev–Trinajstić information content (AvgIpc) is 2.06. The molecule has 1 aromatic rings. The Kier molecular flexibility index (Phi) is 2.90. The molecule has 1 aromatic heterocycles. The molecule has 0 radical (unpaired) electrons. The van der Waals surface area contributed by atoms with Crippen LogP contribution in [0.5, 0.6) is 0 Å². The summed E-state index contributed by atoms with van der Waals surface area (Å²) in [6.45, 7) is 3.07. The van der Waals surface area contributed by atoms with Gasteiger partial charge in [0.25, 0.3) is 11.2 Å². The molecule has 0 saturated heterocycles. The molecule has 82 valence electrons. The minimum Gasteiger partial charge on any atom is -0.389 e. The monoisotopic (exact) mass is 212 g/mol. The van der Waals surface area contributed by atoms with Gasteiger partial charge in [0.15, 0.2) is 0 Å². The van der Waals surface area contributed by atoms with Gasteiger partial charge in [0.2, 0.25) is 0 Å². The Bertz CT molecular complexity index is 430. The largest absolute Gasteiger partial charge is 0.389 e. The summed E-state index contributed by atoms with van der Waals surface area (Å²) in [4.78, 5) is 21.2. The van der Waals surface area contributed by atoms with E-state index in [1.54, 1.807) is 0 Å². The van der Waals surface area contributed by atoms with Crippen LogP contribution in [0, 0.1) is 10.1 Å². The summed E-state index contributed by atoms with van der Waals surface area (Å²) in [5.41, 5.74) is -1.62. The summed E-state index contributed by atoms with van der Waals surface area (Å²) in [5, 5.41) is 20.0. The molecular weight excluding hydrogens is 200 g/mol. The van der Waals surface area contributed by atoms with Gasteiger partial charge in [-0.15, -0.1) is 0 Å². The van der Waals surface area contributed by atoms with Gasteiger partial charge in [0, 0.05) is 12.1 Å². The highest BCUT2D eigenvalue weighted by Crippen LogP contribution is 2.09. The fourth-order valence-electron chi connectivity index (χ4n) is 1.17. The van der Waals surface area contributed by atoms with Crippen molar-refractivity contribution in [1.82, 2.24) is 4.57 Å². The van der Waals surface area contributed by atoms with Crippen molar-refractivity contribution in [1.29, 1.82) is 0 Å². The smallest absolute Gasteiger partial charge is 0.285 e. The molecular formula is C9H12N2O4. The zero-order valence-corrected chi connectivity index (χ0v) is 8.51.